The summed E-state index contributed by atoms with van der Waals surface area (Å²) in [6.45, 7) is 2.33. The molecule has 0 radical (unpaired) electrons. The number of aliphatic carboxylic acids is 1. The van der Waals surface area contributed by atoms with E-state index in [1.807, 2.05) is 0 Å². The summed E-state index contributed by atoms with van der Waals surface area (Å²) in [6, 6.07) is 0. The minimum Gasteiger partial charge on any atom is -0.481 e. The van der Waals surface area contributed by atoms with Crippen LogP contribution in [0.25, 0.3) is 0 Å². The first-order chi connectivity index (χ1) is 9.27. The molecule has 0 aliphatic carbocycles. The summed E-state index contributed by atoms with van der Waals surface area (Å²) in [4.78, 5) is 23.8. The number of amides is 1. The average molecular weight is 307 g/mol. The summed E-state index contributed by atoms with van der Waals surface area (Å²) in [5.41, 5.74) is 0. The second-order valence-corrected chi connectivity index (χ2v) is 6.50. The van der Waals surface area contributed by atoms with Crippen molar-refractivity contribution >= 4 is 22.1 Å². The third-order valence-corrected chi connectivity index (χ3v) is 5.00. The van der Waals surface area contributed by atoms with Crippen LogP contribution in [0.2, 0.25) is 0 Å². The standard InChI is InChI=1S/C11H21N3O5S/c1-3-13(2)10(15)8-12-20(18,19)14-6-4-9(5-7-14)11(16)17/h9,12H,3-8H2,1-2H3,(H,16,17). The molecule has 8 nitrogen and oxygen atoms in total. The number of carboxylic acids is 1. The number of carbonyl (C=O) groups excluding carboxylic acids is 1. The van der Waals surface area contributed by atoms with E-state index >= 15 is 0 Å². The average Bonchev–Trinajstić information content (AvgIpc) is 2.44. The van der Waals surface area contributed by atoms with E-state index in [-0.39, 0.29) is 25.5 Å². The normalized spacial score (nSPS) is 17.9. The van der Waals surface area contributed by atoms with Gasteiger partial charge in [-0.05, 0) is 19.8 Å². The number of carbonyl (C=O) groups is 2. The summed E-state index contributed by atoms with van der Waals surface area (Å²) < 4.78 is 27.4. The van der Waals surface area contributed by atoms with Gasteiger partial charge in [0, 0.05) is 26.7 Å². The molecule has 1 saturated heterocycles. The van der Waals surface area contributed by atoms with E-state index in [0.29, 0.717) is 19.4 Å². The minimum absolute atomic E-state index is 0.157. The topological polar surface area (TPSA) is 107 Å². The second kappa shape index (κ2) is 7.00. The summed E-state index contributed by atoms with van der Waals surface area (Å²) in [7, 11) is -2.13. The van der Waals surface area contributed by atoms with Gasteiger partial charge in [-0.2, -0.15) is 17.4 Å². The Balaban J connectivity index is 2.50. The lowest BCUT2D eigenvalue weighted by molar-refractivity contribution is -0.143. The van der Waals surface area contributed by atoms with E-state index in [0.717, 1.165) is 0 Å². The second-order valence-electron chi connectivity index (χ2n) is 4.75. The van der Waals surface area contributed by atoms with Crippen LogP contribution in [0, 0.1) is 5.92 Å². The van der Waals surface area contributed by atoms with Crippen LogP contribution in [0.5, 0.6) is 0 Å². The van der Waals surface area contributed by atoms with Gasteiger partial charge in [-0.15, -0.1) is 0 Å². The lowest BCUT2D eigenvalue weighted by Gasteiger charge is -2.29. The summed E-state index contributed by atoms with van der Waals surface area (Å²) in [5, 5.41) is 8.86. The Morgan fingerprint density at radius 2 is 1.90 bits per heavy atom. The van der Waals surface area contributed by atoms with Crippen LogP contribution < -0.4 is 4.72 Å². The van der Waals surface area contributed by atoms with Crippen LogP contribution in [-0.2, 0) is 19.8 Å². The van der Waals surface area contributed by atoms with E-state index in [4.69, 9.17) is 5.11 Å². The zero-order chi connectivity index (χ0) is 15.3. The number of hydrogen-bond acceptors (Lipinski definition) is 4. The molecular formula is C11H21N3O5S. The first-order valence-corrected chi connectivity index (χ1v) is 7.93. The van der Waals surface area contributed by atoms with Gasteiger partial charge in [0.25, 0.3) is 10.2 Å². The molecular weight excluding hydrogens is 286 g/mol. The van der Waals surface area contributed by atoms with Crippen LogP contribution in [-0.4, -0.2) is 67.8 Å². The first kappa shape index (κ1) is 16.9. The van der Waals surface area contributed by atoms with Crippen molar-refractivity contribution in [2.75, 3.05) is 33.2 Å². The highest BCUT2D eigenvalue weighted by Gasteiger charge is 2.31. The van der Waals surface area contributed by atoms with Crippen LogP contribution in [0.3, 0.4) is 0 Å². The van der Waals surface area contributed by atoms with Crippen molar-refractivity contribution < 1.29 is 23.1 Å². The third-order valence-electron chi connectivity index (χ3n) is 3.45. The van der Waals surface area contributed by atoms with E-state index in [2.05, 4.69) is 4.72 Å². The predicted molar refractivity (Wildman–Crippen MR) is 72.2 cm³/mol. The Bertz CT molecular complexity index is 457. The fourth-order valence-electron chi connectivity index (χ4n) is 1.90. The Morgan fingerprint density at radius 1 is 1.35 bits per heavy atom. The highest BCUT2D eigenvalue weighted by molar-refractivity contribution is 7.87. The monoisotopic (exact) mass is 307 g/mol. The van der Waals surface area contributed by atoms with Gasteiger partial charge in [-0.1, -0.05) is 0 Å². The fraction of sp³-hybridized carbons (Fsp3) is 0.818. The van der Waals surface area contributed by atoms with E-state index < -0.39 is 22.1 Å². The van der Waals surface area contributed by atoms with Gasteiger partial charge in [0.15, 0.2) is 0 Å². The van der Waals surface area contributed by atoms with Gasteiger partial charge in [-0.3, -0.25) is 9.59 Å². The van der Waals surface area contributed by atoms with Crippen molar-refractivity contribution in [2.45, 2.75) is 19.8 Å². The predicted octanol–water partition coefficient (Wildman–Crippen LogP) is -0.904. The first-order valence-electron chi connectivity index (χ1n) is 6.49. The van der Waals surface area contributed by atoms with Crippen molar-refractivity contribution in [1.82, 2.24) is 13.9 Å². The largest absolute Gasteiger partial charge is 0.481 e. The fourth-order valence-corrected chi connectivity index (χ4v) is 3.08. The van der Waals surface area contributed by atoms with Crippen molar-refractivity contribution in [3.8, 4) is 0 Å². The summed E-state index contributed by atoms with van der Waals surface area (Å²) >= 11 is 0. The van der Waals surface area contributed by atoms with E-state index in [1.165, 1.54) is 9.21 Å². The highest BCUT2D eigenvalue weighted by Crippen LogP contribution is 2.18. The molecule has 20 heavy (non-hydrogen) atoms. The molecule has 116 valence electrons. The van der Waals surface area contributed by atoms with Crippen molar-refractivity contribution in [3.05, 3.63) is 0 Å². The quantitative estimate of drug-likeness (QED) is 0.661. The smallest absolute Gasteiger partial charge is 0.306 e. The Morgan fingerprint density at radius 3 is 2.35 bits per heavy atom. The number of rotatable bonds is 6. The molecule has 9 heteroatoms. The van der Waals surface area contributed by atoms with Gasteiger partial charge < -0.3 is 10.0 Å². The lowest BCUT2D eigenvalue weighted by atomic mass is 9.99. The molecule has 1 rings (SSSR count). The SMILES string of the molecule is CCN(C)C(=O)CNS(=O)(=O)N1CCC(C(=O)O)CC1. The number of nitrogens with zero attached hydrogens (tertiary/aromatic N) is 2. The van der Waals surface area contributed by atoms with Crippen LogP contribution in [0.15, 0.2) is 0 Å². The zero-order valence-corrected chi connectivity index (χ0v) is 12.5. The maximum atomic E-state index is 12.0. The molecule has 2 N–H and O–H groups in total. The minimum atomic E-state index is -3.73. The van der Waals surface area contributed by atoms with Crippen molar-refractivity contribution in [1.29, 1.82) is 0 Å². The molecule has 0 atom stereocenters. The molecule has 1 aliphatic heterocycles. The number of likely N-dealkylation sites (N-methyl/N-ethyl adjacent to an activating group) is 1. The molecule has 0 aromatic rings. The van der Waals surface area contributed by atoms with E-state index in [1.54, 1.807) is 14.0 Å². The summed E-state index contributed by atoms with van der Waals surface area (Å²) in [5.74, 6) is -1.69. The Labute approximate surface area is 118 Å². The molecule has 0 saturated carbocycles. The molecule has 0 spiro atoms. The van der Waals surface area contributed by atoms with Crippen LogP contribution >= 0.6 is 0 Å². The molecule has 0 aromatic heterocycles. The Hall–Kier alpha value is -1.19. The molecule has 0 bridgehead atoms. The van der Waals surface area contributed by atoms with Crippen molar-refractivity contribution in [2.24, 2.45) is 5.92 Å². The molecule has 1 heterocycles. The highest BCUT2D eigenvalue weighted by atomic mass is 32.2. The van der Waals surface area contributed by atoms with Gasteiger partial charge in [-0.25, -0.2) is 0 Å². The van der Waals surface area contributed by atoms with Gasteiger partial charge in [0.05, 0.1) is 12.5 Å². The number of carboxylic acid groups (broad SMARTS) is 1. The van der Waals surface area contributed by atoms with E-state index in [9.17, 15) is 18.0 Å². The number of hydrogen-bond donors (Lipinski definition) is 2. The van der Waals surface area contributed by atoms with Crippen molar-refractivity contribution in [3.63, 3.8) is 0 Å². The van der Waals surface area contributed by atoms with Gasteiger partial charge in [0.2, 0.25) is 5.91 Å². The number of nitrogens with one attached hydrogen (secondary N) is 1. The Kier molecular flexibility index (Phi) is 5.90. The maximum absolute atomic E-state index is 12.0. The summed E-state index contributed by atoms with van der Waals surface area (Å²) in [6.07, 6.45) is 0.581. The molecule has 1 amide bonds. The molecule has 0 unspecified atom stereocenters. The zero-order valence-electron chi connectivity index (χ0n) is 11.7. The van der Waals surface area contributed by atoms with Crippen LogP contribution in [0.1, 0.15) is 19.8 Å². The molecule has 1 fully saturated rings. The third kappa shape index (κ3) is 4.43. The maximum Gasteiger partial charge on any atom is 0.306 e. The van der Waals surface area contributed by atoms with Crippen LogP contribution in [0.4, 0.5) is 0 Å². The van der Waals surface area contributed by atoms with Gasteiger partial charge in [0.1, 0.15) is 0 Å². The molecule has 1 aliphatic rings. The lowest BCUT2D eigenvalue weighted by Crippen LogP contribution is -2.48. The van der Waals surface area contributed by atoms with Gasteiger partial charge >= 0.3 is 5.97 Å². The molecule has 0 aromatic carbocycles. The number of piperidine rings is 1.